The minimum Gasteiger partial charge on any atom is -0.496 e. The van der Waals surface area contributed by atoms with E-state index in [0.717, 1.165) is 15.8 Å². The molecule has 0 aliphatic heterocycles. The van der Waals surface area contributed by atoms with Gasteiger partial charge in [0.1, 0.15) is 5.75 Å². The van der Waals surface area contributed by atoms with Gasteiger partial charge in [0.15, 0.2) is 0 Å². The van der Waals surface area contributed by atoms with Crippen LogP contribution in [0, 0.1) is 5.41 Å². The number of esters is 1. The third-order valence-corrected chi connectivity index (χ3v) is 3.79. The Bertz CT molecular complexity index is 488. The zero-order valence-electron chi connectivity index (χ0n) is 13.1. The topological polar surface area (TPSA) is 61.5 Å². The van der Waals surface area contributed by atoms with E-state index < -0.39 is 0 Å². The molecule has 0 saturated carbocycles. The van der Waals surface area contributed by atoms with Crippen LogP contribution in [-0.4, -0.2) is 19.7 Å². The highest BCUT2D eigenvalue weighted by molar-refractivity contribution is 9.10. The standard InChI is InChI=1S/C16H24BrNO3/c1-5-21-15(19)10-16(2,3)9-13(18)12-8-11(17)6-7-14(12)20-4/h6-8,13H,5,9-10,18H2,1-4H3. The fourth-order valence-corrected chi connectivity index (χ4v) is 2.75. The number of hydrogen-bond acceptors (Lipinski definition) is 4. The van der Waals surface area contributed by atoms with Crippen LogP contribution < -0.4 is 10.5 Å². The third-order valence-electron chi connectivity index (χ3n) is 3.29. The lowest BCUT2D eigenvalue weighted by atomic mass is 9.81. The van der Waals surface area contributed by atoms with Gasteiger partial charge >= 0.3 is 5.97 Å². The molecule has 1 aromatic rings. The number of nitrogens with two attached hydrogens (primary N) is 1. The van der Waals surface area contributed by atoms with Crippen LogP contribution in [0.2, 0.25) is 0 Å². The van der Waals surface area contributed by atoms with Gasteiger partial charge in [0.25, 0.3) is 0 Å². The summed E-state index contributed by atoms with van der Waals surface area (Å²) in [6.07, 6.45) is 1.02. The number of ether oxygens (including phenoxy) is 2. The molecule has 0 aromatic heterocycles. The molecule has 0 aliphatic carbocycles. The predicted molar refractivity (Wildman–Crippen MR) is 87.3 cm³/mol. The lowest BCUT2D eigenvalue weighted by Crippen LogP contribution is -2.25. The highest BCUT2D eigenvalue weighted by Crippen LogP contribution is 2.36. The molecule has 1 aromatic carbocycles. The Kier molecular flexibility index (Phi) is 6.68. The first-order valence-corrected chi connectivity index (χ1v) is 7.83. The van der Waals surface area contributed by atoms with Crippen molar-refractivity contribution in [3.8, 4) is 5.75 Å². The lowest BCUT2D eigenvalue weighted by molar-refractivity contribution is -0.145. The maximum absolute atomic E-state index is 11.7. The van der Waals surface area contributed by atoms with Crippen molar-refractivity contribution in [1.29, 1.82) is 0 Å². The molecule has 0 spiro atoms. The van der Waals surface area contributed by atoms with E-state index in [1.54, 1.807) is 7.11 Å². The summed E-state index contributed by atoms with van der Waals surface area (Å²) in [5.74, 6) is 0.577. The first-order chi connectivity index (χ1) is 9.79. The van der Waals surface area contributed by atoms with Crippen molar-refractivity contribution >= 4 is 21.9 Å². The summed E-state index contributed by atoms with van der Waals surface area (Å²) >= 11 is 3.45. The molecule has 4 nitrogen and oxygen atoms in total. The molecule has 0 amide bonds. The second-order valence-electron chi connectivity index (χ2n) is 5.84. The van der Waals surface area contributed by atoms with E-state index >= 15 is 0 Å². The predicted octanol–water partition coefficient (Wildman–Crippen LogP) is 3.83. The number of benzene rings is 1. The lowest BCUT2D eigenvalue weighted by Gasteiger charge is -2.28. The van der Waals surface area contributed by atoms with Gasteiger partial charge in [-0.15, -0.1) is 0 Å². The Morgan fingerprint density at radius 1 is 1.43 bits per heavy atom. The third kappa shape index (κ3) is 5.67. The number of hydrogen-bond donors (Lipinski definition) is 1. The molecule has 1 atom stereocenters. The van der Waals surface area contributed by atoms with Gasteiger partial charge in [0, 0.05) is 16.1 Å². The Balaban J connectivity index is 2.82. The highest BCUT2D eigenvalue weighted by Gasteiger charge is 2.27. The molecule has 0 fully saturated rings. The van der Waals surface area contributed by atoms with Crippen LogP contribution in [0.15, 0.2) is 22.7 Å². The van der Waals surface area contributed by atoms with Gasteiger partial charge in [-0.2, -0.15) is 0 Å². The molecule has 21 heavy (non-hydrogen) atoms. The first kappa shape index (κ1) is 18.0. The summed E-state index contributed by atoms with van der Waals surface area (Å²) in [6.45, 7) is 6.26. The van der Waals surface area contributed by atoms with Crippen molar-refractivity contribution in [3.63, 3.8) is 0 Å². The zero-order valence-corrected chi connectivity index (χ0v) is 14.7. The summed E-state index contributed by atoms with van der Waals surface area (Å²) in [5.41, 5.74) is 7.02. The molecule has 0 saturated heterocycles. The monoisotopic (exact) mass is 357 g/mol. The van der Waals surface area contributed by atoms with Gasteiger partial charge in [-0.1, -0.05) is 29.8 Å². The second kappa shape index (κ2) is 7.80. The fraction of sp³-hybridized carbons (Fsp3) is 0.562. The van der Waals surface area contributed by atoms with Crippen LogP contribution in [0.3, 0.4) is 0 Å². The van der Waals surface area contributed by atoms with Gasteiger partial charge in [-0.05, 0) is 37.0 Å². The van der Waals surface area contributed by atoms with Crippen molar-refractivity contribution in [2.45, 2.75) is 39.7 Å². The Labute approximate surface area is 135 Å². The quantitative estimate of drug-likeness (QED) is 0.753. The minimum atomic E-state index is -0.237. The normalized spacial score (nSPS) is 12.9. The van der Waals surface area contributed by atoms with Gasteiger partial charge in [0.05, 0.1) is 20.1 Å². The number of methoxy groups -OCH3 is 1. The average Bonchev–Trinajstić information content (AvgIpc) is 2.37. The van der Waals surface area contributed by atoms with E-state index in [2.05, 4.69) is 15.9 Å². The van der Waals surface area contributed by atoms with Gasteiger partial charge in [-0.3, -0.25) is 4.79 Å². The Morgan fingerprint density at radius 2 is 2.10 bits per heavy atom. The van der Waals surface area contributed by atoms with Crippen molar-refractivity contribution in [2.24, 2.45) is 11.1 Å². The molecule has 0 aliphatic rings. The highest BCUT2D eigenvalue weighted by atomic mass is 79.9. The first-order valence-electron chi connectivity index (χ1n) is 7.03. The van der Waals surface area contributed by atoms with Gasteiger partial charge < -0.3 is 15.2 Å². The van der Waals surface area contributed by atoms with Crippen molar-refractivity contribution < 1.29 is 14.3 Å². The molecule has 0 bridgehead atoms. The molecule has 1 unspecified atom stereocenters. The minimum absolute atomic E-state index is 0.184. The van der Waals surface area contributed by atoms with E-state index in [1.165, 1.54) is 0 Å². The summed E-state index contributed by atoms with van der Waals surface area (Å²) in [7, 11) is 1.63. The van der Waals surface area contributed by atoms with E-state index in [9.17, 15) is 4.79 Å². The number of rotatable bonds is 7. The summed E-state index contributed by atoms with van der Waals surface area (Å²) in [6, 6.07) is 5.56. The average molecular weight is 358 g/mol. The van der Waals surface area contributed by atoms with E-state index in [4.69, 9.17) is 15.2 Å². The molecular formula is C16H24BrNO3. The summed E-state index contributed by atoms with van der Waals surface area (Å²) < 4.78 is 11.3. The molecule has 5 heteroatoms. The van der Waals surface area contributed by atoms with Crippen LogP contribution in [-0.2, 0) is 9.53 Å². The molecule has 2 N–H and O–H groups in total. The molecular weight excluding hydrogens is 334 g/mol. The van der Waals surface area contributed by atoms with Crippen molar-refractivity contribution in [1.82, 2.24) is 0 Å². The van der Waals surface area contributed by atoms with Crippen LogP contribution in [0.4, 0.5) is 0 Å². The Morgan fingerprint density at radius 3 is 2.67 bits per heavy atom. The van der Waals surface area contributed by atoms with Crippen LogP contribution >= 0.6 is 15.9 Å². The number of carbonyl (C=O) groups is 1. The maximum atomic E-state index is 11.7. The fourth-order valence-electron chi connectivity index (χ4n) is 2.38. The van der Waals surface area contributed by atoms with Crippen molar-refractivity contribution in [2.75, 3.05) is 13.7 Å². The van der Waals surface area contributed by atoms with Gasteiger partial charge in [0.2, 0.25) is 0 Å². The molecule has 0 radical (unpaired) electrons. The molecule has 118 valence electrons. The van der Waals surface area contributed by atoms with E-state index in [1.807, 2.05) is 39.0 Å². The van der Waals surface area contributed by atoms with E-state index in [-0.39, 0.29) is 17.4 Å². The van der Waals surface area contributed by atoms with E-state index in [0.29, 0.717) is 19.4 Å². The molecule has 1 rings (SSSR count). The summed E-state index contributed by atoms with van der Waals surface area (Å²) in [4.78, 5) is 11.7. The van der Waals surface area contributed by atoms with Crippen LogP contribution in [0.5, 0.6) is 5.75 Å². The summed E-state index contributed by atoms with van der Waals surface area (Å²) in [5, 5.41) is 0. The molecule has 0 heterocycles. The number of halogens is 1. The van der Waals surface area contributed by atoms with Gasteiger partial charge in [-0.25, -0.2) is 0 Å². The zero-order chi connectivity index (χ0) is 16.0. The number of carbonyl (C=O) groups excluding carboxylic acids is 1. The SMILES string of the molecule is CCOC(=O)CC(C)(C)CC(N)c1cc(Br)ccc1OC. The second-order valence-corrected chi connectivity index (χ2v) is 6.76. The largest absolute Gasteiger partial charge is 0.496 e. The van der Waals surface area contributed by atoms with Crippen molar-refractivity contribution in [3.05, 3.63) is 28.2 Å². The Hall–Kier alpha value is -1.07. The smallest absolute Gasteiger partial charge is 0.306 e. The van der Waals surface area contributed by atoms with Crippen LogP contribution in [0.25, 0.3) is 0 Å². The maximum Gasteiger partial charge on any atom is 0.306 e. The van der Waals surface area contributed by atoms with Crippen LogP contribution in [0.1, 0.15) is 45.2 Å².